The highest BCUT2D eigenvalue weighted by molar-refractivity contribution is 7.85. The van der Waals surface area contributed by atoms with E-state index in [1.165, 1.54) is 13.8 Å². The molecule has 1 aliphatic heterocycles. The molecule has 0 unspecified atom stereocenters. The van der Waals surface area contributed by atoms with Gasteiger partial charge < -0.3 is 97.4 Å². The predicted octanol–water partition coefficient (Wildman–Crippen LogP) is -6.33. The van der Waals surface area contributed by atoms with Crippen LogP contribution in [0.2, 0.25) is 0 Å². The van der Waals surface area contributed by atoms with Gasteiger partial charge in [-0.15, -0.1) is 0 Å². The molecule has 1 fully saturated rings. The van der Waals surface area contributed by atoms with E-state index in [4.69, 9.17) is 33.2 Å². The third-order valence-corrected chi connectivity index (χ3v) is 13.1. The molecular weight excluding hydrogens is 1150 g/mol. The number of carbonyl (C=O) groups excluding carboxylic acids is 11. The van der Waals surface area contributed by atoms with Crippen LogP contribution in [-0.2, 0) is 62.9 Å². The summed E-state index contributed by atoms with van der Waals surface area (Å²) in [6.07, 6.45) is -1.09. The molecule has 0 aliphatic carbocycles. The number of hydrogen-bond donors (Lipinski definition) is 19. The SMILES string of the molecule is CC(C)CCCCC(=O)N[C@@H](CCN)C(=O)N[C@H](C(=O)N[C@@H](CCN)C(=O)N[C@H]1CCNC(=O)[C@H]([C@@H](C)O)NC(=O)[C@H](CCN)NC(=O)[C@H](CCN)NC(=O)[C@H](CC(C)C)NC(=O)[C@@H](CC(C)C)NC(=O)[C@H](CCN)NC1=O)[C@@H](C)O.CS(=O)(=O)O. The summed E-state index contributed by atoms with van der Waals surface area (Å²) in [6, 6.07) is -14.5. The molecule has 0 bridgehead atoms. The molecule has 32 nitrogen and oxygen atoms in total. The molecule has 86 heavy (non-hydrogen) atoms. The van der Waals surface area contributed by atoms with Crippen LogP contribution in [0.25, 0.3) is 0 Å². The third kappa shape index (κ3) is 33.1. The Morgan fingerprint density at radius 3 is 1.33 bits per heavy atom. The van der Waals surface area contributed by atoms with Crippen LogP contribution in [0.5, 0.6) is 0 Å². The van der Waals surface area contributed by atoms with Gasteiger partial charge in [-0.1, -0.05) is 54.4 Å². The van der Waals surface area contributed by atoms with Crippen LogP contribution in [-0.4, -0.2) is 206 Å². The molecule has 0 saturated carbocycles. The van der Waals surface area contributed by atoms with Gasteiger partial charge >= 0.3 is 0 Å². The molecule has 1 rings (SSSR count). The van der Waals surface area contributed by atoms with Crippen molar-refractivity contribution in [1.82, 2.24) is 58.5 Å². The maximum absolute atomic E-state index is 14.4. The number of carbonyl (C=O) groups is 11. The van der Waals surface area contributed by atoms with Crippen molar-refractivity contribution in [2.75, 3.05) is 45.5 Å². The molecule has 0 aromatic carbocycles. The first-order valence-corrected chi connectivity index (χ1v) is 31.1. The minimum absolute atomic E-state index is 0.0139. The Labute approximate surface area is 504 Å². The van der Waals surface area contributed by atoms with E-state index < -0.39 is 161 Å². The molecule has 0 aromatic rings. The van der Waals surface area contributed by atoms with Crippen molar-refractivity contribution in [3.05, 3.63) is 0 Å². The Morgan fingerprint density at radius 1 is 0.523 bits per heavy atom. The lowest BCUT2D eigenvalue weighted by atomic mass is 9.99. The second-order valence-corrected chi connectivity index (χ2v) is 24.1. The van der Waals surface area contributed by atoms with Crippen molar-refractivity contribution in [2.24, 2.45) is 46.4 Å². The number of hydrogen-bond acceptors (Lipinski definition) is 20. The number of aliphatic hydroxyl groups excluding tert-OH is 2. The Kier molecular flexibility index (Phi) is 38.8. The van der Waals surface area contributed by atoms with Crippen molar-refractivity contribution < 1.29 is 75.9 Å². The van der Waals surface area contributed by atoms with Gasteiger partial charge in [0.05, 0.1) is 18.5 Å². The zero-order chi connectivity index (χ0) is 66.0. The van der Waals surface area contributed by atoms with Gasteiger partial charge in [-0.2, -0.15) is 8.42 Å². The molecule has 496 valence electrons. The van der Waals surface area contributed by atoms with Crippen LogP contribution in [0, 0.1) is 17.8 Å². The number of unbranched alkanes of at least 4 members (excludes halogenated alkanes) is 1. The topological polar surface area (TPSA) is 545 Å². The first kappa shape index (κ1) is 79.8. The van der Waals surface area contributed by atoms with Crippen molar-refractivity contribution >= 4 is 75.1 Å². The number of amides is 11. The molecule has 33 heteroatoms. The van der Waals surface area contributed by atoms with E-state index in [0.717, 1.165) is 12.8 Å². The van der Waals surface area contributed by atoms with E-state index in [9.17, 15) is 71.4 Å². The molecule has 1 heterocycles. The summed E-state index contributed by atoms with van der Waals surface area (Å²) in [4.78, 5) is 152. The Balaban J connectivity index is 0.0000138. The fourth-order valence-corrected chi connectivity index (χ4v) is 8.62. The molecule has 1 aliphatic rings. The highest BCUT2D eigenvalue weighted by atomic mass is 32.2. The first-order chi connectivity index (χ1) is 40.1. The van der Waals surface area contributed by atoms with Gasteiger partial charge in [0.1, 0.15) is 60.4 Å². The highest BCUT2D eigenvalue weighted by Crippen LogP contribution is 2.13. The average Bonchev–Trinajstić information content (AvgIpc) is 2.27. The van der Waals surface area contributed by atoms with E-state index in [1.54, 1.807) is 27.7 Å². The van der Waals surface area contributed by atoms with Crippen molar-refractivity contribution in [3.63, 3.8) is 0 Å². The lowest BCUT2D eigenvalue weighted by molar-refractivity contribution is -0.137. The lowest BCUT2D eigenvalue weighted by Crippen LogP contribution is -2.62. The van der Waals surface area contributed by atoms with Crippen LogP contribution < -0.4 is 87.2 Å². The number of nitrogens with two attached hydrogens (primary N) is 5. The van der Waals surface area contributed by atoms with E-state index in [1.807, 2.05) is 0 Å². The van der Waals surface area contributed by atoms with E-state index in [-0.39, 0.29) is 95.9 Å². The van der Waals surface area contributed by atoms with Crippen LogP contribution in [0.4, 0.5) is 0 Å². The molecule has 0 spiro atoms. The zero-order valence-corrected chi connectivity index (χ0v) is 52.1. The Bertz CT molecular complexity index is 2290. The summed E-state index contributed by atoms with van der Waals surface area (Å²) >= 11 is 0. The first-order valence-electron chi connectivity index (χ1n) is 29.2. The van der Waals surface area contributed by atoms with Gasteiger partial charge in [-0.25, -0.2) is 0 Å². The zero-order valence-electron chi connectivity index (χ0n) is 51.3. The van der Waals surface area contributed by atoms with Crippen LogP contribution in [0.15, 0.2) is 0 Å². The third-order valence-electron chi connectivity index (χ3n) is 13.1. The van der Waals surface area contributed by atoms with Crippen molar-refractivity contribution in [2.45, 2.75) is 205 Å². The summed E-state index contributed by atoms with van der Waals surface area (Å²) in [6.45, 7) is 12.6. The van der Waals surface area contributed by atoms with Gasteiger partial charge in [-0.05, 0) is 122 Å². The molecule has 1 saturated heterocycles. The van der Waals surface area contributed by atoms with E-state index >= 15 is 0 Å². The second-order valence-electron chi connectivity index (χ2n) is 22.6. The highest BCUT2D eigenvalue weighted by Gasteiger charge is 2.37. The monoisotopic (exact) mass is 1250 g/mol. The molecule has 11 amide bonds. The van der Waals surface area contributed by atoms with Gasteiger partial charge in [0.25, 0.3) is 10.1 Å². The van der Waals surface area contributed by atoms with Crippen LogP contribution in [0.1, 0.15) is 132 Å². The minimum Gasteiger partial charge on any atom is -0.391 e. The van der Waals surface area contributed by atoms with Crippen LogP contribution in [0.3, 0.4) is 0 Å². The Morgan fingerprint density at radius 2 is 0.930 bits per heavy atom. The number of rotatable bonds is 28. The summed E-state index contributed by atoms with van der Waals surface area (Å²) in [5.41, 5.74) is 29.2. The van der Waals surface area contributed by atoms with Gasteiger partial charge in [0.2, 0.25) is 65.0 Å². The Hall–Kier alpha value is -6.20. The standard InChI is InChI=1S/C52H98N16O13.CH4O3S/c1-27(2)11-9-10-12-40(71)59-32(13-19-53)47(76)68-42(31(8)70)52(81)64-35(16-22-56)44(73)63-37-18-24-58-51(80)41(30(7)69)67-48(77)36(17-23-57)61-43(72)33(14-20-54)62-49(78)38(25-28(3)4)66-50(79)39(26-29(5)6)65-45(74)34(15-21-55)60-46(37)75;1-5(2,3)4/h27-39,41-42,69-70H,9-26,53-57H2,1-8H3,(H,58,80)(H,59,71)(H,60,75)(H,61,72)(H,62,78)(H,63,73)(H,64,81)(H,65,74)(H,66,79)(H,67,77)(H,68,76);1H3,(H,2,3,4)/t30-,31-,32+,33+,34+,35+,36+,37+,38+,39-,41+,42+;/m1./s1. The largest absolute Gasteiger partial charge is 0.391 e. The fraction of sp³-hybridized carbons (Fsp3) is 0.792. The average molecular weight is 1250 g/mol. The smallest absolute Gasteiger partial charge is 0.261 e. The van der Waals surface area contributed by atoms with Gasteiger partial charge in [0, 0.05) is 13.0 Å². The number of nitrogens with one attached hydrogen (secondary N) is 11. The van der Waals surface area contributed by atoms with E-state index in [0.29, 0.717) is 18.6 Å². The number of aliphatic hydroxyl groups is 2. The summed E-state index contributed by atoms with van der Waals surface area (Å²) in [5, 5.41) is 49.5. The van der Waals surface area contributed by atoms with Crippen molar-refractivity contribution in [1.29, 1.82) is 0 Å². The fourth-order valence-electron chi connectivity index (χ4n) is 8.62. The van der Waals surface area contributed by atoms with Crippen molar-refractivity contribution in [3.8, 4) is 0 Å². The molecule has 0 radical (unpaired) electrons. The molecule has 24 N–H and O–H groups in total. The summed E-state index contributed by atoms with van der Waals surface area (Å²) < 4.78 is 25.9. The van der Waals surface area contributed by atoms with Gasteiger partial charge in [0.15, 0.2) is 0 Å². The normalized spacial score (nSPS) is 22.6. The quantitative estimate of drug-likeness (QED) is 0.0256. The van der Waals surface area contributed by atoms with Crippen LogP contribution >= 0.6 is 0 Å². The maximum atomic E-state index is 14.4. The van der Waals surface area contributed by atoms with Gasteiger partial charge in [-0.3, -0.25) is 57.3 Å². The van der Waals surface area contributed by atoms with E-state index in [2.05, 4.69) is 72.3 Å². The maximum Gasteiger partial charge on any atom is 0.261 e. The molecule has 12 atom stereocenters. The second kappa shape index (κ2) is 41.8. The minimum atomic E-state index is -3.67. The molecular formula is C53H102N16O16S. The predicted molar refractivity (Wildman–Crippen MR) is 318 cm³/mol. The summed E-state index contributed by atoms with van der Waals surface area (Å²) in [5.74, 6) is -9.55. The summed E-state index contributed by atoms with van der Waals surface area (Å²) in [7, 11) is -3.67. The molecule has 0 aromatic heterocycles. The lowest BCUT2D eigenvalue weighted by Gasteiger charge is -2.29.